The predicted octanol–water partition coefficient (Wildman–Crippen LogP) is 2.91. The van der Waals surface area contributed by atoms with Gasteiger partial charge in [0.05, 0.1) is 0 Å². The summed E-state index contributed by atoms with van der Waals surface area (Å²) < 4.78 is 11.9. The SMILES string of the molecule is CN1CC(NCc2ccc([C@H]3COc4ccccc4O3)cc2)CCC1=O. The van der Waals surface area contributed by atoms with Crippen molar-refractivity contribution in [2.45, 2.75) is 31.5 Å². The van der Waals surface area contributed by atoms with E-state index in [9.17, 15) is 4.79 Å². The summed E-state index contributed by atoms with van der Waals surface area (Å²) >= 11 is 0. The number of benzene rings is 2. The quantitative estimate of drug-likeness (QED) is 0.919. The van der Waals surface area contributed by atoms with Crippen molar-refractivity contribution in [3.05, 3.63) is 59.7 Å². The van der Waals surface area contributed by atoms with E-state index in [0.717, 1.165) is 36.6 Å². The molecular formula is C21H24N2O3. The molecule has 4 rings (SSSR count). The molecule has 0 saturated carbocycles. The lowest BCUT2D eigenvalue weighted by Crippen LogP contribution is -2.46. The van der Waals surface area contributed by atoms with Gasteiger partial charge in [-0.15, -0.1) is 0 Å². The first-order chi connectivity index (χ1) is 12.7. The minimum atomic E-state index is -0.0788. The van der Waals surface area contributed by atoms with Crippen LogP contribution in [0.15, 0.2) is 48.5 Å². The average Bonchev–Trinajstić information content (AvgIpc) is 2.69. The number of ether oxygens (including phenoxy) is 2. The molecule has 1 unspecified atom stereocenters. The van der Waals surface area contributed by atoms with E-state index in [2.05, 4.69) is 29.6 Å². The van der Waals surface area contributed by atoms with Crippen molar-refractivity contribution < 1.29 is 14.3 Å². The highest BCUT2D eigenvalue weighted by molar-refractivity contribution is 5.76. The van der Waals surface area contributed by atoms with Crippen LogP contribution < -0.4 is 14.8 Å². The lowest BCUT2D eigenvalue weighted by atomic mass is 10.0. The zero-order valence-corrected chi connectivity index (χ0v) is 15.0. The van der Waals surface area contributed by atoms with Crippen LogP contribution in [0, 0.1) is 0 Å². The van der Waals surface area contributed by atoms with Gasteiger partial charge < -0.3 is 19.7 Å². The minimum Gasteiger partial charge on any atom is -0.485 e. The van der Waals surface area contributed by atoms with Gasteiger partial charge in [0.1, 0.15) is 6.61 Å². The molecule has 0 spiro atoms. The van der Waals surface area contributed by atoms with Crippen LogP contribution in [0.5, 0.6) is 11.5 Å². The second kappa shape index (κ2) is 7.38. The predicted molar refractivity (Wildman–Crippen MR) is 99.2 cm³/mol. The smallest absolute Gasteiger partial charge is 0.222 e. The Labute approximate surface area is 153 Å². The van der Waals surface area contributed by atoms with Crippen molar-refractivity contribution in [3.63, 3.8) is 0 Å². The van der Waals surface area contributed by atoms with E-state index in [1.165, 1.54) is 5.56 Å². The fourth-order valence-corrected chi connectivity index (χ4v) is 3.47. The number of nitrogens with zero attached hydrogens (tertiary/aromatic N) is 1. The molecule has 5 nitrogen and oxygen atoms in total. The molecule has 2 aliphatic heterocycles. The van der Waals surface area contributed by atoms with Gasteiger partial charge in [-0.2, -0.15) is 0 Å². The van der Waals surface area contributed by atoms with E-state index in [-0.39, 0.29) is 12.0 Å². The maximum Gasteiger partial charge on any atom is 0.222 e. The molecule has 1 saturated heterocycles. The summed E-state index contributed by atoms with van der Waals surface area (Å²) in [6.45, 7) is 2.11. The number of likely N-dealkylation sites (tertiary alicyclic amines) is 1. The molecule has 0 aliphatic carbocycles. The van der Waals surface area contributed by atoms with Gasteiger partial charge in [0.15, 0.2) is 17.6 Å². The third-order valence-corrected chi connectivity index (χ3v) is 5.08. The van der Waals surface area contributed by atoms with Gasteiger partial charge in [-0.3, -0.25) is 4.79 Å². The van der Waals surface area contributed by atoms with Crippen LogP contribution in [0.25, 0.3) is 0 Å². The summed E-state index contributed by atoms with van der Waals surface area (Å²) in [5.74, 6) is 1.84. The number of amides is 1. The Kier molecular flexibility index (Phi) is 4.80. The Hall–Kier alpha value is -2.53. The first-order valence-electron chi connectivity index (χ1n) is 9.14. The molecule has 0 bridgehead atoms. The molecule has 2 atom stereocenters. The van der Waals surface area contributed by atoms with Gasteiger partial charge in [0.2, 0.25) is 5.91 Å². The molecule has 2 aromatic rings. The maximum atomic E-state index is 11.6. The second-order valence-electron chi connectivity index (χ2n) is 7.00. The number of rotatable bonds is 4. The largest absolute Gasteiger partial charge is 0.485 e. The van der Waals surface area contributed by atoms with Crippen LogP contribution in [-0.4, -0.2) is 37.0 Å². The van der Waals surface area contributed by atoms with Gasteiger partial charge in [-0.05, 0) is 29.7 Å². The Morgan fingerprint density at radius 3 is 2.65 bits per heavy atom. The maximum absolute atomic E-state index is 11.6. The number of carbonyl (C=O) groups is 1. The summed E-state index contributed by atoms with van der Waals surface area (Å²) in [7, 11) is 1.87. The van der Waals surface area contributed by atoms with Gasteiger partial charge in [-0.25, -0.2) is 0 Å². The Morgan fingerprint density at radius 1 is 1.12 bits per heavy atom. The molecular weight excluding hydrogens is 328 g/mol. The molecule has 136 valence electrons. The zero-order valence-electron chi connectivity index (χ0n) is 15.0. The molecule has 26 heavy (non-hydrogen) atoms. The highest BCUT2D eigenvalue weighted by Gasteiger charge is 2.23. The molecule has 2 heterocycles. The van der Waals surface area contributed by atoms with E-state index in [4.69, 9.17) is 9.47 Å². The normalized spacial score (nSPS) is 22.3. The van der Waals surface area contributed by atoms with Crippen LogP contribution in [-0.2, 0) is 11.3 Å². The summed E-state index contributed by atoms with van der Waals surface area (Å²) in [6.07, 6.45) is 1.46. The van der Waals surface area contributed by atoms with Gasteiger partial charge >= 0.3 is 0 Å². The van der Waals surface area contributed by atoms with E-state index >= 15 is 0 Å². The number of hydrogen-bond donors (Lipinski definition) is 1. The van der Waals surface area contributed by atoms with E-state index in [0.29, 0.717) is 19.1 Å². The highest BCUT2D eigenvalue weighted by atomic mass is 16.6. The van der Waals surface area contributed by atoms with Crippen LogP contribution >= 0.6 is 0 Å². The van der Waals surface area contributed by atoms with Crippen molar-refractivity contribution in [3.8, 4) is 11.5 Å². The van der Waals surface area contributed by atoms with Gasteiger partial charge in [0, 0.05) is 32.6 Å². The molecule has 1 fully saturated rings. The molecule has 0 aromatic heterocycles. The molecule has 1 amide bonds. The van der Waals surface area contributed by atoms with Crippen LogP contribution in [0.1, 0.15) is 30.1 Å². The van der Waals surface area contributed by atoms with E-state index in [1.807, 2.05) is 36.2 Å². The number of para-hydroxylation sites is 2. The van der Waals surface area contributed by atoms with Crippen molar-refractivity contribution in [2.75, 3.05) is 20.2 Å². The number of likely N-dealkylation sites (N-methyl/N-ethyl adjacent to an activating group) is 1. The lowest BCUT2D eigenvalue weighted by Gasteiger charge is -2.30. The summed E-state index contributed by atoms with van der Waals surface area (Å²) in [5, 5.41) is 3.55. The Bertz CT molecular complexity index is 775. The Balaban J connectivity index is 1.33. The van der Waals surface area contributed by atoms with Crippen LogP contribution in [0.2, 0.25) is 0 Å². The zero-order chi connectivity index (χ0) is 17.9. The monoisotopic (exact) mass is 352 g/mol. The third-order valence-electron chi connectivity index (χ3n) is 5.08. The average molecular weight is 352 g/mol. The van der Waals surface area contributed by atoms with Crippen molar-refractivity contribution in [1.29, 1.82) is 0 Å². The van der Waals surface area contributed by atoms with Crippen molar-refractivity contribution in [1.82, 2.24) is 10.2 Å². The highest BCUT2D eigenvalue weighted by Crippen LogP contribution is 2.35. The van der Waals surface area contributed by atoms with Crippen LogP contribution in [0.4, 0.5) is 0 Å². The van der Waals surface area contributed by atoms with Gasteiger partial charge in [-0.1, -0.05) is 36.4 Å². The fraction of sp³-hybridized carbons (Fsp3) is 0.381. The summed E-state index contributed by atoms with van der Waals surface area (Å²) in [4.78, 5) is 13.4. The second-order valence-corrected chi connectivity index (χ2v) is 7.00. The first kappa shape index (κ1) is 16.9. The third kappa shape index (κ3) is 3.68. The molecule has 1 N–H and O–H groups in total. The fourth-order valence-electron chi connectivity index (χ4n) is 3.47. The number of carbonyl (C=O) groups excluding carboxylic acids is 1. The topological polar surface area (TPSA) is 50.8 Å². The summed E-state index contributed by atoms with van der Waals surface area (Å²) in [5.41, 5.74) is 2.34. The number of fused-ring (bicyclic) bond motifs is 1. The first-order valence-corrected chi connectivity index (χ1v) is 9.14. The number of nitrogens with one attached hydrogen (secondary N) is 1. The molecule has 2 aromatic carbocycles. The van der Waals surface area contributed by atoms with Crippen LogP contribution in [0.3, 0.4) is 0 Å². The van der Waals surface area contributed by atoms with Gasteiger partial charge in [0.25, 0.3) is 0 Å². The standard InChI is InChI=1S/C21H24N2O3/c1-23-13-17(10-11-21(23)24)22-12-15-6-8-16(9-7-15)20-14-25-18-4-2-3-5-19(18)26-20/h2-9,17,20,22H,10-14H2,1H3/t17?,20-/m1/s1. The van der Waals surface area contributed by atoms with E-state index < -0.39 is 0 Å². The molecule has 0 radical (unpaired) electrons. The lowest BCUT2D eigenvalue weighted by molar-refractivity contribution is -0.132. The summed E-state index contributed by atoms with van der Waals surface area (Å²) in [6, 6.07) is 16.6. The molecule has 5 heteroatoms. The van der Waals surface area contributed by atoms with Crippen molar-refractivity contribution >= 4 is 5.91 Å². The van der Waals surface area contributed by atoms with E-state index in [1.54, 1.807) is 0 Å². The number of hydrogen-bond acceptors (Lipinski definition) is 4. The molecule has 2 aliphatic rings. The Morgan fingerprint density at radius 2 is 1.88 bits per heavy atom. The minimum absolute atomic E-state index is 0.0788. The number of piperidine rings is 1. The van der Waals surface area contributed by atoms with Crippen molar-refractivity contribution in [2.24, 2.45) is 0 Å².